The molecule has 0 aliphatic heterocycles. The number of nitro groups is 1. The molecule has 0 aromatic heterocycles. The Kier molecular flexibility index (Phi) is 4.48. The van der Waals surface area contributed by atoms with Crippen LogP contribution in [0.15, 0.2) is 23.2 Å². The molecule has 0 radical (unpaired) electrons. The third-order valence-corrected chi connectivity index (χ3v) is 2.56. The van der Waals surface area contributed by atoms with Crippen molar-refractivity contribution in [2.24, 2.45) is 4.99 Å². The van der Waals surface area contributed by atoms with Crippen molar-refractivity contribution in [1.82, 2.24) is 5.32 Å². The highest BCUT2D eigenvalue weighted by Gasteiger charge is 2.10. The van der Waals surface area contributed by atoms with Crippen LogP contribution >= 0.6 is 11.8 Å². The van der Waals surface area contributed by atoms with E-state index in [9.17, 15) is 10.1 Å². The van der Waals surface area contributed by atoms with E-state index >= 15 is 0 Å². The summed E-state index contributed by atoms with van der Waals surface area (Å²) < 4.78 is 0. The Balaban J connectivity index is 3.12. The predicted molar refractivity (Wildman–Crippen MR) is 67.2 cm³/mol. The van der Waals surface area contributed by atoms with Gasteiger partial charge < -0.3 is 0 Å². The molecule has 0 aliphatic carbocycles. The second-order valence-corrected chi connectivity index (χ2v) is 3.88. The van der Waals surface area contributed by atoms with Crippen molar-refractivity contribution in [2.45, 2.75) is 6.92 Å². The van der Waals surface area contributed by atoms with Gasteiger partial charge in [-0.15, -0.1) is 0 Å². The van der Waals surface area contributed by atoms with E-state index in [-0.39, 0.29) is 5.69 Å². The van der Waals surface area contributed by atoms with Crippen LogP contribution in [-0.2, 0) is 0 Å². The number of benzene rings is 1. The number of nitriles is 1. The number of aliphatic imine (C=N–C) groups is 1. The van der Waals surface area contributed by atoms with E-state index in [0.29, 0.717) is 16.4 Å². The molecule has 6 nitrogen and oxygen atoms in total. The minimum absolute atomic E-state index is 0.0173. The number of hydrogen-bond acceptors (Lipinski definition) is 5. The van der Waals surface area contributed by atoms with E-state index in [2.05, 4.69) is 10.3 Å². The molecule has 88 valence electrons. The molecule has 0 unspecified atom stereocenters. The number of nitro benzene ring substituents is 1. The molecule has 0 amide bonds. The molecule has 0 saturated carbocycles. The fraction of sp³-hybridized carbons (Fsp3) is 0.200. The smallest absolute Gasteiger partial charge is 0.271 e. The standard InChI is InChI=1S/C10H10N4O2S/c1-7-3-4-8(5-9(7)14(15)16)13-10(17-2)12-6-11/h3-5H,1-2H3,(H,12,13). The molecule has 1 N–H and O–H groups in total. The third-order valence-electron chi connectivity index (χ3n) is 1.98. The lowest BCUT2D eigenvalue weighted by molar-refractivity contribution is -0.385. The Morgan fingerprint density at radius 1 is 1.65 bits per heavy atom. The normalized spacial score (nSPS) is 10.8. The van der Waals surface area contributed by atoms with Crippen molar-refractivity contribution in [2.75, 3.05) is 6.26 Å². The Labute approximate surface area is 103 Å². The first-order valence-electron chi connectivity index (χ1n) is 4.61. The molecule has 0 spiro atoms. The van der Waals surface area contributed by atoms with Crippen LogP contribution in [0.2, 0.25) is 0 Å². The molecular formula is C10H10N4O2S. The number of rotatable bonds is 2. The second kappa shape index (κ2) is 5.86. The quantitative estimate of drug-likeness (QED) is 0.217. The third kappa shape index (κ3) is 3.46. The maximum absolute atomic E-state index is 10.7. The van der Waals surface area contributed by atoms with Gasteiger partial charge in [0.25, 0.3) is 5.69 Å². The fourth-order valence-electron chi connectivity index (χ4n) is 1.15. The maximum Gasteiger partial charge on any atom is 0.274 e. The van der Waals surface area contributed by atoms with Crippen molar-refractivity contribution >= 4 is 28.3 Å². The predicted octanol–water partition coefficient (Wildman–Crippen LogP) is 2.32. The molecule has 0 heterocycles. The van der Waals surface area contributed by atoms with Crippen molar-refractivity contribution < 1.29 is 4.92 Å². The van der Waals surface area contributed by atoms with Crippen LogP contribution in [0.4, 0.5) is 11.4 Å². The molecule has 17 heavy (non-hydrogen) atoms. The molecule has 0 atom stereocenters. The lowest BCUT2D eigenvalue weighted by Gasteiger charge is -2.01. The van der Waals surface area contributed by atoms with Gasteiger partial charge in [0.1, 0.15) is 0 Å². The van der Waals surface area contributed by atoms with Gasteiger partial charge in [0.2, 0.25) is 0 Å². The summed E-state index contributed by atoms with van der Waals surface area (Å²) in [7, 11) is 0. The molecule has 7 heteroatoms. The Hall–Kier alpha value is -2.07. The molecular weight excluding hydrogens is 240 g/mol. The average molecular weight is 250 g/mol. The summed E-state index contributed by atoms with van der Waals surface area (Å²) in [5.41, 5.74) is 1.03. The van der Waals surface area contributed by atoms with Gasteiger partial charge in [0, 0.05) is 11.6 Å². The number of amidine groups is 1. The molecule has 1 aromatic rings. The van der Waals surface area contributed by atoms with Gasteiger partial charge in [-0.05, 0) is 19.2 Å². The molecule has 0 aliphatic rings. The topological polar surface area (TPSA) is 91.3 Å². The van der Waals surface area contributed by atoms with E-state index in [0.717, 1.165) is 0 Å². The minimum atomic E-state index is -0.454. The highest BCUT2D eigenvalue weighted by molar-refractivity contribution is 8.13. The number of hydrogen-bond donors (Lipinski definition) is 1. The summed E-state index contributed by atoms with van der Waals surface area (Å²) in [4.78, 5) is 14.4. The van der Waals surface area contributed by atoms with Gasteiger partial charge in [-0.3, -0.25) is 15.4 Å². The van der Waals surface area contributed by atoms with Gasteiger partial charge in [-0.1, -0.05) is 17.8 Å². The van der Waals surface area contributed by atoms with Gasteiger partial charge in [-0.25, -0.2) is 4.99 Å². The fourth-order valence-corrected chi connectivity index (χ4v) is 1.50. The van der Waals surface area contributed by atoms with Crippen molar-refractivity contribution in [3.8, 4) is 6.19 Å². The van der Waals surface area contributed by atoms with Crippen LogP contribution < -0.4 is 5.32 Å². The molecule has 0 bridgehead atoms. The van der Waals surface area contributed by atoms with Crippen molar-refractivity contribution in [3.63, 3.8) is 0 Å². The van der Waals surface area contributed by atoms with Crippen LogP contribution in [0.5, 0.6) is 0 Å². The zero-order valence-corrected chi connectivity index (χ0v) is 10.1. The largest absolute Gasteiger partial charge is 0.274 e. The van der Waals surface area contributed by atoms with Gasteiger partial charge in [0.15, 0.2) is 11.4 Å². The Morgan fingerprint density at radius 2 is 2.35 bits per heavy atom. The summed E-state index contributed by atoms with van der Waals surface area (Å²) in [5.74, 6) is 0. The average Bonchev–Trinajstić information content (AvgIpc) is 2.30. The number of nitrogens with zero attached hydrogens (tertiary/aromatic N) is 3. The van der Waals surface area contributed by atoms with E-state index < -0.39 is 4.92 Å². The SMILES string of the molecule is CSC(=Nc1ccc(C)c([N+](=O)[O-])c1)NC#N. The highest BCUT2D eigenvalue weighted by Crippen LogP contribution is 2.24. The second-order valence-electron chi connectivity index (χ2n) is 3.09. The lowest BCUT2D eigenvalue weighted by atomic mass is 10.2. The number of thioether (sulfide) groups is 1. The summed E-state index contributed by atoms with van der Waals surface area (Å²) in [5, 5.41) is 22.0. The van der Waals surface area contributed by atoms with Gasteiger partial charge >= 0.3 is 0 Å². The summed E-state index contributed by atoms with van der Waals surface area (Å²) in [6.45, 7) is 1.66. The minimum Gasteiger partial charge on any atom is -0.271 e. The number of aryl methyl sites for hydroxylation is 1. The lowest BCUT2D eigenvalue weighted by Crippen LogP contribution is -2.12. The van der Waals surface area contributed by atoms with E-state index in [1.54, 1.807) is 31.5 Å². The van der Waals surface area contributed by atoms with Crippen molar-refractivity contribution in [3.05, 3.63) is 33.9 Å². The van der Waals surface area contributed by atoms with Crippen molar-refractivity contribution in [1.29, 1.82) is 5.26 Å². The first-order chi connectivity index (χ1) is 8.08. The Morgan fingerprint density at radius 3 is 2.88 bits per heavy atom. The van der Waals surface area contributed by atoms with Crippen LogP contribution in [0.1, 0.15) is 5.56 Å². The summed E-state index contributed by atoms with van der Waals surface area (Å²) >= 11 is 1.25. The molecule has 1 aromatic carbocycles. The van der Waals surface area contributed by atoms with Gasteiger partial charge in [0.05, 0.1) is 10.6 Å². The molecule has 0 saturated heterocycles. The van der Waals surface area contributed by atoms with E-state index in [1.165, 1.54) is 17.8 Å². The Bertz CT molecular complexity index is 508. The highest BCUT2D eigenvalue weighted by atomic mass is 32.2. The van der Waals surface area contributed by atoms with Gasteiger partial charge in [-0.2, -0.15) is 5.26 Å². The zero-order chi connectivity index (χ0) is 12.8. The van der Waals surface area contributed by atoms with Crippen LogP contribution in [0.25, 0.3) is 0 Å². The monoisotopic (exact) mass is 250 g/mol. The van der Waals surface area contributed by atoms with Crippen LogP contribution in [0, 0.1) is 28.5 Å². The summed E-state index contributed by atoms with van der Waals surface area (Å²) in [6.07, 6.45) is 3.51. The number of nitrogens with one attached hydrogen (secondary N) is 1. The first-order valence-corrected chi connectivity index (χ1v) is 5.83. The molecule has 1 rings (SSSR count). The van der Waals surface area contributed by atoms with E-state index in [1.807, 2.05) is 0 Å². The van der Waals surface area contributed by atoms with Crippen LogP contribution in [0.3, 0.4) is 0 Å². The first kappa shape index (κ1) is 13.0. The maximum atomic E-state index is 10.7. The van der Waals surface area contributed by atoms with Crippen LogP contribution in [-0.4, -0.2) is 16.3 Å². The zero-order valence-electron chi connectivity index (χ0n) is 9.30. The van der Waals surface area contributed by atoms with E-state index in [4.69, 9.17) is 5.26 Å². The molecule has 0 fully saturated rings. The summed E-state index contributed by atoms with van der Waals surface area (Å²) in [6, 6.07) is 4.67.